The predicted octanol–water partition coefficient (Wildman–Crippen LogP) is 1.58. The van der Waals surface area contributed by atoms with Gasteiger partial charge >= 0.3 is 0 Å². The Morgan fingerprint density at radius 3 is 2.57 bits per heavy atom. The molecule has 0 aromatic rings. The number of hydrogen-bond donors (Lipinski definition) is 2. The molecule has 2 N–H and O–H groups in total. The molecule has 0 aliphatic carbocycles. The van der Waals surface area contributed by atoms with Gasteiger partial charge in [-0.25, -0.2) is 0 Å². The van der Waals surface area contributed by atoms with Crippen LogP contribution in [0.5, 0.6) is 0 Å². The van der Waals surface area contributed by atoms with Gasteiger partial charge in [-0.1, -0.05) is 13.3 Å². The third-order valence-electron chi connectivity index (χ3n) is 4.16. The normalized spacial score (nSPS) is 23.3. The lowest BCUT2D eigenvalue weighted by Crippen LogP contribution is -2.48. The standard InChI is InChI=1S/C17H30N2O4/c1-6-8-11(3)18-16(21)15-9-14(20)10-19(15)17(22)12(4)13(5)23-7-2/h11,14-15,20H,6-10H2,1-5H3,(H,18,21)/b13-12+. The van der Waals surface area contributed by atoms with Crippen LogP contribution in [0.4, 0.5) is 0 Å². The summed E-state index contributed by atoms with van der Waals surface area (Å²) in [6.07, 6.45) is 1.47. The molecule has 1 aliphatic heterocycles. The summed E-state index contributed by atoms with van der Waals surface area (Å²) >= 11 is 0. The van der Waals surface area contributed by atoms with Gasteiger partial charge in [0.05, 0.1) is 18.3 Å². The molecule has 1 fully saturated rings. The molecule has 3 unspecified atom stereocenters. The van der Waals surface area contributed by atoms with Crippen LogP contribution in [-0.2, 0) is 14.3 Å². The largest absolute Gasteiger partial charge is 0.498 e. The number of aliphatic hydroxyl groups excluding tert-OH is 1. The van der Waals surface area contributed by atoms with Crippen molar-refractivity contribution in [3.05, 3.63) is 11.3 Å². The monoisotopic (exact) mass is 326 g/mol. The van der Waals surface area contributed by atoms with Crippen LogP contribution in [0, 0.1) is 0 Å². The lowest BCUT2D eigenvalue weighted by Gasteiger charge is -2.26. The van der Waals surface area contributed by atoms with Crippen LogP contribution < -0.4 is 5.32 Å². The number of β-amino-alcohol motifs (C(OH)–C–C–N with tert-alkyl or cyclic N) is 1. The molecule has 1 heterocycles. The molecule has 0 saturated carbocycles. The van der Waals surface area contributed by atoms with Crippen molar-refractivity contribution in [2.24, 2.45) is 0 Å². The molecule has 1 rings (SSSR count). The maximum Gasteiger partial charge on any atom is 0.253 e. The minimum absolute atomic E-state index is 0.0593. The number of nitrogens with zero attached hydrogens (tertiary/aromatic N) is 1. The van der Waals surface area contributed by atoms with Gasteiger partial charge in [-0.2, -0.15) is 0 Å². The van der Waals surface area contributed by atoms with Gasteiger partial charge in [-0.05, 0) is 34.1 Å². The van der Waals surface area contributed by atoms with Crippen molar-refractivity contribution in [2.75, 3.05) is 13.2 Å². The van der Waals surface area contributed by atoms with E-state index in [1.807, 2.05) is 13.8 Å². The molecule has 0 bridgehead atoms. The van der Waals surface area contributed by atoms with E-state index in [2.05, 4.69) is 12.2 Å². The number of ether oxygens (including phenoxy) is 1. The molecule has 132 valence electrons. The zero-order valence-electron chi connectivity index (χ0n) is 14.9. The quantitative estimate of drug-likeness (QED) is 0.550. The average molecular weight is 326 g/mol. The molecule has 3 atom stereocenters. The van der Waals surface area contributed by atoms with Gasteiger partial charge in [0.25, 0.3) is 5.91 Å². The van der Waals surface area contributed by atoms with Crippen LogP contribution in [0.15, 0.2) is 11.3 Å². The molecule has 0 aromatic heterocycles. The maximum atomic E-state index is 12.6. The Morgan fingerprint density at radius 1 is 1.35 bits per heavy atom. The van der Waals surface area contributed by atoms with E-state index in [9.17, 15) is 14.7 Å². The highest BCUT2D eigenvalue weighted by molar-refractivity contribution is 5.97. The SMILES string of the molecule is CCCC(C)NC(=O)C1CC(O)CN1C(=O)/C(C)=C(\C)OCC. The molecule has 6 nitrogen and oxygen atoms in total. The topological polar surface area (TPSA) is 78.9 Å². The summed E-state index contributed by atoms with van der Waals surface area (Å²) in [6.45, 7) is 9.94. The van der Waals surface area contributed by atoms with Gasteiger partial charge in [0.15, 0.2) is 0 Å². The van der Waals surface area contributed by atoms with Crippen molar-refractivity contribution in [2.45, 2.75) is 72.1 Å². The molecular weight excluding hydrogens is 296 g/mol. The Labute approximate surface area is 138 Å². The van der Waals surface area contributed by atoms with Crippen molar-refractivity contribution in [3.63, 3.8) is 0 Å². The number of hydrogen-bond acceptors (Lipinski definition) is 4. The van der Waals surface area contributed by atoms with E-state index >= 15 is 0 Å². The highest BCUT2D eigenvalue weighted by Crippen LogP contribution is 2.22. The second-order valence-electron chi connectivity index (χ2n) is 6.18. The Kier molecular flexibility index (Phi) is 7.55. The fourth-order valence-corrected chi connectivity index (χ4v) is 2.82. The van der Waals surface area contributed by atoms with E-state index in [4.69, 9.17) is 4.74 Å². The number of aliphatic hydroxyl groups is 1. The van der Waals surface area contributed by atoms with E-state index in [1.54, 1.807) is 13.8 Å². The summed E-state index contributed by atoms with van der Waals surface area (Å²) in [5, 5.41) is 12.8. The van der Waals surface area contributed by atoms with Crippen molar-refractivity contribution >= 4 is 11.8 Å². The smallest absolute Gasteiger partial charge is 0.253 e. The first-order chi connectivity index (χ1) is 10.8. The molecule has 0 aromatic carbocycles. The fraction of sp³-hybridized carbons (Fsp3) is 0.765. The Morgan fingerprint density at radius 2 is 2.00 bits per heavy atom. The molecule has 0 radical (unpaired) electrons. The van der Waals surface area contributed by atoms with Crippen molar-refractivity contribution in [1.82, 2.24) is 10.2 Å². The molecule has 0 spiro atoms. The molecule has 1 saturated heterocycles. The highest BCUT2D eigenvalue weighted by Gasteiger charge is 2.39. The second-order valence-corrected chi connectivity index (χ2v) is 6.18. The number of likely N-dealkylation sites (tertiary alicyclic amines) is 1. The van der Waals surface area contributed by atoms with Crippen LogP contribution in [0.2, 0.25) is 0 Å². The maximum absolute atomic E-state index is 12.6. The fourth-order valence-electron chi connectivity index (χ4n) is 2.82. The number of allylic oxidation sites excluding steroid dienone is 1. The molecule has 2 amide bonds. The van der Waals surface area contributed by atoms with E-state index in [-0.39, 0.29) is 30.8 Å². The first-order valence-corrected chi connectivity index (χ1v) is 8.41. The summed E-state index contributed by atoms with van der Waals surface area (Å²) in [6, 6.07) is -0.565. The Balaban J connectivity index is 2.85. The minimum Gasteiger partial charge on any atom is -0.498 e. The summed E-state index contributed by atoms with van der Waals surface area (Å²) in [5.41, 5.74) is 0.473. The van der Waals surface area contributed by atoms with Gasteiger partial charge in [0.1, 0.15) is 11.8 Å². The number of amides is 2. The number of rotatable bonds is 7. The summed E-state index contributed by atoms with van der Waals surface area (Å²) in [5.74, 6) is 0.103. The third-order valence-corrected chi connectivity index (χ3v) is 4.16. The summed E-state index contributed by atoms with van der Waals surface area (Å²) < 4.78 is 5.37. The van der Waals surface area contributed by atoms with Crippen molar-refractivity contribution in [1.29, 1.82) is 0 Å². The highest BCUT2D eigenvalue weighted by atomic mass is 16.5. The number of carbonyl (C=O) groups is 2. The van der Waals surface area contributed by atoms with Gasteiger partial charge in [-0.3, -0.25) is 9.59 Å². The molecule has 23 heavy (non-hydrogen) atoms. The third kappa shape index (κ3) is 5.23. The zero-order chi connectivity index (χ0) is 17.6. The van der Waals surface area contributed by atoms with E-state index in [0.29, 0.717) is 17.9 Å². The van der Waals surface area contributed by atoms with Crippen LogP contribution >= 0.6 is 0 Å². The molecule has 6 heteroatoms. The first-order valence-electron chi connectivity index (χ1n) is 8.41. The number of nitrogens with one attached hydrogen (secondary N) is 1. The van der Waals surface area contributed by atoms with E-state index in [0.717, 1.165) is 12.8 Å². The van der Waals surface area contributed by atoms with Gasteiger partial charge < -0.3 is 20.1 Å². The Bertz CT molecular complexity index is 462. The van der Waals surface area contributed by atoms with Crippen molar-refractivity contribution in [3.8, 4) is 0 Å². The summed E-state index contributed by atoms with van der Waals surface area (Å²) in [7, 11) is 0. The summed E-state index contributed by atoms with van der Waals surface area (Å²) in [4.78, 5) is 26.5. The Hall–Kier alpha value is -1.56. The van der Waals surface area contributed by atoms with Gasteiger partial charge in [0.2, 0.25) is 5.91 Å². The lowest BCUT2D eigenvalue weighted by molar-refractivity contribution is -0.136. The van der Waals surface area contributed by atoms with Crippen LogP contribution in [-0.4, -0.2) is 53.2 Å². The predicted molar refractivity (Wildman–Crippen MR) is 88.6 cm³/mol. The average Bonchev–Trinajstić information content (AvgIpc) is 2.88. The van der Waals surface area contributed by atoms with E-state index in [1.165, 1.54) is 4.90 Å². The van der Waals surface area contributed by atoms with Crippen LogP contribution in [0.25, 0.3) is 0 Å². The van der Waals surface area contributed by atoms with Crippen LogP contribution in [0.3, 0.4) is 0 Å². The number of carbonyl (C=O) groups excluding carboxylic acids is 2. The molecular formula is C17H30N2O4. The van der Waals surface area contributed by atoms with Gasteiger partial charge in [0, 0.05) is 19.0 Å². The zero-order valence-corrected chi connectivity index (χ0v) is 14.9. The van der Waals surface area contributed by atoms with Crippen LogP contribution in [0.1, 0.15) is 53.9 Å². The second kappa shape index (κ2) is 8.91. The van der Waals surface area contributed by atoms with E-state index < -0.39 is 12.1 Å². The first kappa shape index (κ1) is 19.5. The lowest BCUT2D eigenvalue weighted by atomic mass is 10.1. The minimum atomic E-state index is -0.670. The van der Waals surface area contributed by atoms with Gasteiger partial charge in [-0.15, -0.1) is 0 Å². The van der Waals surface area contributed by atoms with Crippen molar-refractivity contribution < 1.29 is 19.4 Å². The molecule has 1 aliphatic rings.